The van der Waals surface area contributed by atoms with E-state index in [2.05, 4.69) is 9.98 Å². The van der Waals surface area contributed by atoms with Crippen molar-refractivity contribution in [1.82, 2.24) is 4.57 Å². The molecule has 0 spiro atoms. The maximum absolute atomic E-state index is 4.53. The first-order valence-corrected chi connectivity index (χ1v) is 7.22. The van der Waals surface area contributed by atoms with Crippen molar-refractivity contribution in [2.45, 2.75) is 0 Å². The Bertz CT molecular complexity index is 567. The molecule has 1 aromatic carbocycles. The van der Waals surface area contributed by atoms with Gasteiger partial charge in [0.25, 0.3) is 0 Å². The number of hydrogen-bond donors (Lipinski definition) is 0. The standard InChI is InChI=1S/C12H13N3S2/c1-15-8-9-17-12(15)14-11(16-2)13-10-6-4-3-5-7-10/h3-9H,1-2H3. The van der Waals surface area contributed by atoms with Crippen LogP contribution in [0.3, 0.4) is 0 Å². The molecule has 0 amide bonds. The lowest BCUT2D eigenvalue weighted by atomic mass is 10.3. The fourth-order valence-electron chi connectivity index (χ4n) is 1.25. The topological polar surface area (TPSA) is 29.6 Å². The number of aryl methyl sites for hydroxylation is 1. The Kier molecular flexibility index (Phi) is 4.17. The molecular formula is C12H13N3S2. The molecule has 0 atom stereocenters. The maximum Gasteiger partial charge on any atom is 0.191 e. The van der Waals surface area contributed by atoms with Gasteiger partial charge in [-0.05, 0) is 18.4 Å². The fourth-order valence-corrected chi connectivity index (χ4v) is 2.41. The summed E-state index contributed by atoms with van der Waals surface area (Å²) in [4.78, 5) is 9.98. The van der Waals surface area contributed by atoms with Gasteiger partial charge in [0.05, 0.1) is 5.69 Å². The second-order valence-electron chi connectivity index (χ2n) is 3.34. The number of nitrogens with zero attached hydrogens (tertiary/aromatic N) is 3. The van der Waals surface area contributed by atoms with Crippen LogP contribution in [0.5, 0.6) is 0 Å². The predicted octanol–water partition coefficient (Wildman–Crippen LogP) is 3.04. The van der Waals surface area contributed by atoms with Gasteiger partial charge in [0.1, 0.15) is 0 Å². The molecule has 0 bridgehead atoms. The van der Waals surface area contributed by atoms with E-state index in [9.17, 15) is 0 Å². The van der Waals surface area contributed by atoms with Crippen molar-refractivity contribution in [3.63, 3.8) is 0 Å². The summed E-state index contributed by atoms with van der Waals surface area (Å²) in [5.74, 6) is 0. The zero-order valence-corrected chi connectivity index (χ0v) is 11.3. The number of thioether (sulfide) groups is 1. The third kappa shape index (κ3) is 3.31. The van der Waals surface area contributed by atoms with Crippen molar-refractivity contribution >= 4 is 34.0 Å². The molecule has 0 saturated heterocycles. The first-order chi connectivity index (χ1) is 8.29. The van der Waals surface area contributed by atoms with Crippen molar-refractivity contribution in [2.24, 2.45) is 17.0 Å². The second-order valence-corrected chi connectivity index (χ2v) is 4.99. The lowest BCUT2D eigenvalue weighted by Crippen LogP contribution is -2.11. The zero-order chi connectivity index (χ0) is 12.1. The van der Waals surface area contributed by atoms with Crippen LogP contribution >= 0.6 is 23.1 Å². The number of thiazole rings is 1. The van der Waals surface area contributed by atoms with Crippen LogP contribution in [0.25, 0.3) is 0 Å². The monoisotopic (exact) mass is 263 g/mol. The molecule has 2 rings (SSSR count). The molecule has 0 radical (unpaired) electrons. The second kappa shape index (κ2) is 5.84. The Hall–Kier alpha value is -1.33. The molecule has 3 nitrogen and oxygen atoms in total. The molecule has 88 valence electrons. The number of para-hydroxylation sites is 1. The Morgan fingerprint density at radius 1 is 1.29 bits per heavy atom. The van der Waals surface area contributed by atoms with Crippen LogP contribution in [0.1, 0.15) is 0 Å². The van der Waals surface area contributed by atoms with Gasteiger partial charge in [-0.1, -0.05) is 30.0 Å². The summed E-state index contributed by atoms with van der Waals surface area (Å²) >= 11 is 3.15. The number of amidine groups is 1. The fraction of sp³-hybridized carbons (Fsp3) is 0.167. The lowest BCUT2D eigenvalue weighted by Gasteiger charge is -1.96. The van der Waals surface area contributed by atoms with Crippen molar-refractivity contribution < 1.29 is 0 Å². The number of hydrogen-bond acceptors (Lipinski definition) is 3. The molecule has 0 aliphatic rings. The average molecular weight is 263 g/mol. The molecule has 1 aromatic heterocycles. The van der Waals surface area contributed by atoms with E-state index < -0.39 is 0 Å². The van der Waals surface area contributed by atoms with E-state index in [-0.39, 0.29) is 0 Å². The molecule has 0 saturated carbocycles. The van der Waals surface area contributed by atoms with Gasteiger partial charge in [-0.3, -0.25) is 0 Å². The van der Waals surface area contributed by atoms with Gasteiger partial charge in [-0.25, -0.2) is 4.99 Å². The van der Waals surface area contributed by atoms with E-state index in [1.807, 2.05) is 59.8 Å². The minimum atomic E-state index is 0.772. The van der Waals surface area contributed by atoms with Gasteiger partial charge in [0.2, 0.25) is 0 Å². The first-order valence-electron chi connectivity index (χ1n) is 5.12. The van der Waals surface area contributed by atoms with Crippen LogP contribution < -0.4 is 4.80 Å². The maximum atomic E-state index is 4.53. The quantitative estimate of drug-likeness (QED) is 0.574. The summed E-state index contributed by atoms with van der Waals surface area (Å²) in [6.07, 6.45) is 3.98. The van der Waals surface area contributed by atoms with Crippen LogP contribution in [0.4, 0.5) is 5.69 Å². The molecule has 1 heterocycles. The van der Waals surface area contributed by atoms with Crippen LogP contribution in [0.15, 0.2) is 51.9 Å². The summed E-state index contributed by atoms with van der Waals surface area (Å²) in [5.41, 5.74) is 0.930. The Morgan fingerprint density at radius 3 is 2.65 bits per heavy atom. The van der Waals surface area contributed by atoms with Crippen molar-refractivity contribution in [2.75, 3.05) is 6.26 Å². The number of aromatic nitrogens is 1. The summed E-state index contributed by atoms with van der Waals surface area (Å²) in [7, 11) is 1.98. The predicted molar refractivity (Wildman–Crippen MR) is 75.9 cm³/mol. The Balaban J connectivity index is 2.36. The van der Waals surface area contributed by atoms with Gasteiger partial charge in [-0.15, -0.1) is 11.3 Å². The summed E-state index contributed by atoms with van der Waals surface area (Å²) < 4.78 is 1.99. The van der Waals surface area contributed by atoms with Crippen LogP contribution in [0, 0.1) is 0 Å². The minimum absolute atomic E-state index is 0.772. The average Bonchev–Trinajstić information content (AvgIpc) is 2.75. The van der Waals surface area contributed by atoms with Crippen molar-refractivity contribution in [3.05, 3.63) is 46.7 Å². The lowest BCUT2D eigenvalue weighted by molar-refractivity contribution is 0.878. The highest BCUT2D eigenvalue weighted by Crippen LogP contribution is 2.13. The van der Waals surface area contributed by atoms with Crippen molar-refractivity contribution in [3.8, 4) is 0 Å². The smallest absolute Gasteiger partial charge is 0.191 e. The molecule has 0 fully saturated rings. The molecule has 17 heavy (non-hydrogen) atoms. The molecule has 0 aliphatic carbocycles. The highest BCUT2D eigenvalue weighted by Gasteiger charge is 1.96. The molecule has 0 aliphatic heterocycles. The van der Waals surface area contributed by atoms with E-state index >= 15 is 0 Å². The van der Waals surface area contributed by atoms with E-state index in [0.717, 1.165) is 15.7 Å². The van der Waals surface area contributed by atoms with Crippen molar-refractivity contribution in [1.29, 1.82) is 0 Å². The Labute approximate surface area is 109 Å². The summed E-state index contributed by atoms with van der Waals surface area (Å²) in [6.45, 7) is 0. The Morgan fingerprint density at radius 2 is 2.06 bits per heavy atom. The highest BCUT2D eigenvalue weighted by atomic mass is 32.2. The minimum Gasteiger partial charge on any atom is -0.327 e. The molecule has 5 heteroatoms. The molecule has 2 aromatic rings. The zero-order valence-electron chi connectivity index (χ0n) is 9.70. The van der Waals surface area contributed by atoms with E-state index in [0.29, 0.717) is 0 Å². The van der Waals surface area contributed by atoms with Gasteiger partial charge in [0, 0.05) is 18.6 Å². The van der Waals surface area contributed by atoms with Crippen LogP contribution in [-0.2, 0) is 7.05 Å². The first kappa shape index (κ1) is 12.1. The largest absolute Gasteiger partial charge is 0.327 e. The van der Waals surface area contributed by atoms with Gasteiger partial charge in [0.15, 0.2) is 9.97 Å². The SMILES string of the molecule is CSC(=Nc1ccccc1)N=c1sccn1C. The molecular weight excluding hydrogens is 250 g/mol. The number of aliphatic imine (C=N–C) groups is 1. The number of benzene rings is 1. The molecule has 0 N–H and O–H groups in total. The highest BCUT2D eigenvalue weighted by molar-refractivity contribution is 8.13. The summed E-state index contributed by atoms with van der Waals surface area (Å²) in [6, 6.07) is 9.87. The van der Waals surface area contributed by atoms with Gasteiger partial charge in [-0.2, -0.15) is 4.99 Å². The third-order valence-electron chi connectivity index (χ3n) is 2.11. The van der Waals surface area contributed by atoms with E-state index in [4.69, 9.17) is 0 Å². The molecule has 0 unspecified atom stereocenters. The summed E-state index contributed by atoms with van der Waals surface area (Å²) in [5, 5.41) is 2.79. The van der Waals surface area contributed by atoms with E-state index in [1.54, 1.807) is 23.1 Å². The normalized spacial score (nSPS) is 13.1. The van der Waals surface area contributed by atoms with Gasteiger partial charge >= 0.3 is 0 Å². The van der Waals surface area contributed by atoms with E-state index in [1.165, 1.54) is 0 Å². The van der Waals surface area contributed by atoms with Crippen LogP contribution in [0.2, 0.25) is 0 Å². The van der Waals surface area contributed by atoms with Crippen LogP contribution in [-0.4, -0.2) is 16.0 Å². The van der Waals surface area contributed by atoms with Gasteiger partial charge < -0.3 is 4.57 Å². The third-order valence-corrected chi connectivity index (χ3v) is 3.51. The number of rotatable bonds is 1.